The van der Waals surface area contributed by atoms with Gasteiger partial charge < -0.3 is 15.2 Å². The third-order valence-electron chi connectivity index (χ3n) is 2.59. The highest BCUT2D eigenvalue weighted by atomic mass is 16.5. The lowest BCUT2D eigenvalue weighted by Crippen LogP contribution is -2.43. The molecule has 0 aromatic carbocycles. The minimum atomic E-state index is -0.988. The van der Waals surface area contributed by atoms with E-state index < -0.39 is 12.0 Å². The van der Waals surface area contributed by atoms with Crippen molar-refractivity contribution in [2.75, 3.05) is 6.61 Å². The van der Waals surface area contributed by atoms with E-state index in [2.05, 4.69) is 5.32 Å². The van der Waals surface area contributed by atoms with E-state index in [1.165, 1.54) is 0 Å². The molecule has 2 unspecified atom stereocenters. The predicted octanol–water partition coefficient (Wildman–Crippen LogP) is 0.391. The molecule has 5 heteroatoms. The maximum Gasteiger partial charge on any atom is 0.326 e. The summed E-state index contributed by atoms with van der Waals surface area (Å²) in [5.41, 5.74) is 0. The van der Waals surface area contributed by atoms with Crippen LogP contribution in [0.1, 0.15) is 26.7 Å². The zero-order valence-corrected chi connectivity index (χ0v) is 9.03. The molecule has 0 bridgehead atoms. The largest absolute Gasteiger partial charge is 0.480 e. The standard InChI is InChI=1S/C10H17NO4/c1-3-8(10(13)14)11-9(12)7-4-6(2)15-5-7/h6-8H,3-5H2,1-2H3,(H,11,12)(H,13,14)/t6?,7?,8-/m0/s1. The molecule has 3 atom stereocenters. The molecule has 15 heavy (non-hydrogen) atoms. The molecule has 0 spiro atoms. The normalized spacial score (nSPS) is 27.3. The predicted molar refractivity (Wildman–Crippen MR) is 53.4 cm³/mol. The van der Waals surface area contributed by atoms with Crippen LogP contribution in [0.4, 0.5) is 0 Å². The van der Waals surface area contributed by atoms with Gasteiger partial charge in [0.2, 0.25) is 5.91 Å². The van der Waals surface area contributed by atoms with E-state index in [0.29, 0.717) is 19.4 Å². The fraction of sp³-hybridized carbons (Fsp3) is 0.800. The van der Waals surface area contributed by atoms with Crippen molar-refractivity contribution in [2.45, 2.75) is 38.8 Å². The van der Waals surface area contributed by atoms with Gasteiger partial charge in [-0.15, -0.1) is 0 Å². The number of carboxylic acid groups (broad SMARTS) is 1. The van der Waals surface area contributed by atoms with Crippen LogP contribution in [-0.2, 0) is 14.3 Å². The van der Waals surface area contributed by atoms with Crippen molar-refractivity contribution in [1.29, 1.82) is 0 Å². The van der Waals surface area contributed by atoms with Gasteiger partial charge in [0.15, 0.2) is 0 Å². The molecule has 1 rings (SSSR count). The smallest absolute Gasteiger partial charge is 0.326 e. The second-order valence-corrected chi connectivity index (χ2v) is 3.88. The Morgan fingerprint density at radius 1 is 1.60 bits per heavy atom. The molecule has 0 aromatic rings. The second-order valence-electron chi connectivity index (χ2n) is 3.88. The van der Waals surface area contributed by atoms with Crippen LogP contribution in [0.2, 0.25) is 0 Å². The highest BCUT2D eigenvalue weighted by molar-refractivity contribution is 5.85. The summed E-state index contributed by atoms with van der Waals surface area (Å²) in [6.45, 7) is 4.03. The summed E-state index contributed by atoms with van der Waals surface area (Å²) in [6, 6.07) is -0.784. The first kappa shape index (κ1) is 12.0. The quantitative estimate of drug-likeness (QED) is 0.711. The fourth-order valence-electron chi connectivity index (χ4n) is 1.63. The van der Waals surface area contributed by atoms with Gasteiger partial charge in [0, 0.05) is 0 Å². The van der Waals surface area contributed by atoms with Gasteiger partial charge in [-0.2, -0.15) is 0 Å². The Morgan fingerprint density at radius 2 is 2.27 bits per heavy atom. The molecule has 1 amide bonds. The lowest BCUT2D eigenvalue weighted by Gasteiger charge is -2.14. The number of amides is 1. The van der Waals surface area contributed by atoms with Crippen LogP contribution in [-0.4, -0.2) is 35.7 Å². The minimum Gasteiger partial charge on any atom is -0.480 e. The highest BCUT2D eigenvalue weighted by Crippen LogP contribution is 2.19. The average Bonchev–Trinajstić information content (AvgIpc) is 2.60. The van der Waals surface area contributed by atoms with E-state index in [-0.39, 0.29) is 17.9 Å². The zero-order chi connectivity index (χ0) is 11.4. The lowest BCUT2D eigenvalue weighted by atomic mass is 10.0. The van der Waals surface area contributed by atoms with E-state index in [1.807, 2.05) is 6.92 Å². The fourth-order valence-corrected chi connectivity index (χ4v) is 1.63. The number of rotatable bonds is 4. The van der Waals surface area contributed by atoms with Crippen LogP contribution in [0, 0.1) is 5.92 Å². The van der Waals surface area contributed by atoms with Crippen LogP contribution >= 0.6 is 0 Å². The summed E-state index contributed by atoms with van der Waals surface area (Å²) >= 11 is 0. The Labute approximate surface area is 88.8 Å². The van der Waals surface area contributed by atoms with Crippen molar-refractivity contribution < 1.29 is 19.4 Å². The first-order valence-corrected chi connectivity index (χ1v) is 5.19. The Hall–Kier alpha value is -1.10. The number of aliphatic carboxylic acids is 1. The minimum absolute atomic E-state index is 0.0886. The second kappa shape index (κ2) is 5.11. The Balaban J connectivity index is 2.44. The van der Waals surface area contributed by atoms with Crippen molar-refractivity contribution >= 4 is 11.9 Å². The number of carbonyl (C=O) groups excluding carboxylic acids is 1. The van der Waals surface area contributed by atoms with E-state index in [4.69, 9.17) is 9.84 Å². The van der Waals surface area contributed by atoms with Crippen molar-refractivity contribution in [2.24, 2.45) is 5.92 Å². The van der Waals surface area contributed by atoms with Crippen LogP contribution in [0.25, 0.3) is 0 Å². The molecule has 1 fully saturated rings. The van der Waals surface area contributed by atoms with E-state index in [1.54, 1.807) is 6.92 Å². The van der Waals surface area contributed by atoms with Crippen LogP contribution < -0.4 is 5.32 Å². The van der Waals surface area contributed by atoms with Gasteiger partial charge in [0.1, 0.15) is 6.04 Å². The van der Waals surface area contributed by atoms with Gasteiger partial charge in [-0.05, 0) is 19.8 Å². The van der Waals surface area contributed by atoms with Crippen LogP contribution in [0.3, 0.4) is 0 Å². The molecule has 5 nitrogen and oxygen atoms in total. The van der Waals surface area contributed by atoms with Gasteiger partial charge >= 0.3 is 5.97 Å². The molecule has 0 aromatic heterocycles. The third kappa shape index (κ3) is 3.20. The molecule has 0 aliphatic carbocycles. The first-order valence-electron chi connectivity index (χ1n) is 5.19. The molecular weight excluding hydrogens is 198 g/mol. The molecule has 86 valence electrons. The van der Waals surface area contributed by atoms with Gasteiger partial charge in [0.05, 0.1) is 18.6 Å². The number of ether oxygens (including phenoxy) is 1. The molecule has 2 N–H and O–H groups in total. The van der Waals surface area contributed by atoms with Crippen molar-refractivity contribution in [1.82, 2.24) is 5.32 Å². The number of carboxylic acids is 1. The lowest BCUT2D eigenvalue weighted by molar-refractivity contribution is -0.142. The Morgan fingerprint density at radius 3 is 2.67 bits per heavy atom. The Bertz CT molecular complexity index is 254. The van der Waals surface area contributed by atoms with E-state index >= 15 is 0 Å². The monoisotopic (exact) mass is 215 g/mol. The summed E-state index contributed by atoms with van der Waals surface area (Å²) in [5.74, 6) is -1.40. The maximum atomic E-state index is 11.6. The molecular formula is C10H17NO4. The molecule has 1 aliphatic heterocycles. The average molecular weight is 215 g/mol. The molecule has 1 heterocycles. The molecule has 1 saturated heterocycles. The van der Waals surface area contributed by atoms with Gasteiger partial charge in [-0.1, -0.05) is 6.92 Å². The zero-order valence-electron chi connectivity index (χ0n) is 9.03. The molecule has 1 aliphatic rings. The summed E-state index contributed by atoms with van der Waals surface area (Å²) in [4.78, 5) is 22.3. The van der Waals surface area contributed by atoms with E-state index in [0.717, 1.165) is 0 Å². The van der Waals surface area contributed by atoms with Gasteiger partial charge in [0.25, 0.3) is 0 Å². The van der Waals surface area contributed by atoms with E-state index in [9.17, 15) is 9.59 Å². The summed E-state index contributed by atoms with van der Waals surface area (Å²) < 4.78 is 5.25. The topological polar surface area (TPSA) is 75.6 Å². The van der Waals surface area contributed by atoms with Crippen LogP contribution in [0.5, 0.6) is 0 Å². The number of hydrogen-bond donors (Lipinski definition) is 2. The summed E-state index contributed by atoms with van der Waals surface area (Å²) in [7, 11) is 0. The summed E-state index contributed by atoms with van der Waals surface area (Å²) in [5, 5.41) is 11.3. The van der Waals surface area contributed by atoms with Crippen molar-refractivity contribution in [3.8, 4) is 0 Å². The highest BCUT2D eigenvalue weighted by Gasteiger charge is 2.30. The van der Waals surface area contributed by atoms with Gasteiger partial charge in [-0.3, -0.25) is 4.79 Å². The SMILES string of the molecule is CC[C@H](NC(=O)C1COC(C)C1)C(=O)O. The third-order valence-corrected chi connectivity index (χ3v) is 2.59. The van der Waals surface area contributed by atoms with Gasteiger partial charge in [-0.25, -0.2) is 4.79 Å². The molecule has 0 radical (unpaired) electrons. The number of hydrogen-bond acceptors (Lipinski definition) is 3. The maximum absolute atomic E-state index is 11.6. The van der Waals surface area contributed by atoms with Crippen LogP contribution in [0.15, 0.2) is 0 Å². The Kier molecular flexibility index (Phi) is 4.08. The summed E-state index contributed by atoms with van der Waals surface area (Å²) in [6.07, 6.45) is 1.15. The molecule has 0 saturated carbocycles. The first-order chi connectivity index (χ1) is 7.04. The number of nitrogens with one attached hydrogen (secondary N) is 1. The number of carbonyl (C=O) groups is 2. The van der Waals surface area contributed by atoms with Crippen molar-refractivity contribution in [3.63, 3.8) is 0 Å². The van der Waals surface area contributed by atoms with Crippen molar-refractivity contribution in [3.05, 3.63) is 0 Å².